The van der Waals surface area contributed by atoms with Crippen LogP contribution in [0.5, 0.6) is 0 Å². The topological polar surface area (TPSA) is 67.5 Å². The Bertz CT molecular complexity index is 318. The van der Waals surface area contributed by atoms with E-state index in [0.29, 0.717) is 13.2 Å². The molecule has 0 aliphatic heterocycles. The molecule has 0 spiro atoms. The second kappa shape index (κ2) is 8.20. The van der Waals surface area contributed by atoms with Crippen molar-refractivity contribution in [3.63, 3.8) is 0 Å². The molecule has 0 fully saturated rings. The molecule has 4 heteroatoms. The largest absolute Gasteiger partial charge is 0.396 e. The number of methoxy groups -OCH3 is 1. The lowest BCUT2D eigenvalue weighted by atomic mass is 10.0. The highest BCUT2D eigenvalue weighted by molar-refractivity contribution is 5.29. The van der Waals surface area contributed by atoms with Crippen molar-refractivity contribution < 1.29 is 9.84 Å². The van der Waals surface area contributed by atoms with Gasteiger partial charge in [0.1, 0.15) is 0 Å². The summed E-state index contributed by atoms with van der Waals surface area (Å²) in [6.45, 7) is 2.09. The van der Waals surface area contributed by atoms with E-state index in [1.807, 2.05) is 12.1 Å². The van der Waals surface area contributed by atoms with E-state index in [1.54, 1.807) is 7.11 Å². The molecule has 1 unspecified atom stereocenters. The normalized spacial score (nSPS) is 12.6. The van der Waals surface area contributed by atoms with Crippen molar-refractivity contribution in [3.05, 3.63) is 35.4 Å². The number of benzene rings is 1. The van der Waals surface area contributed by atoms with Gasteiger partial charge in [-0.2, -0.15) is 0 Å². The first-order valence-electron chi connectivity index (χ1n) is 5.94. The number of nitrogens with two attached hydrogens (primary N) is 1. The van der Waals surface area contributed by atoms with Crippen molar-refractivity contribution in [2.45, 2.75) is 19.1 Å². The van der Waals surface area contributed by atoms with Gasteiger partial charge in [0.15, 0.2) is 0 Å². The molecule has 1 atom stereocenters. The summed E-state index contributed by atoms with van der Waals surface area (Å²) in [6.07, 6.45) is 0.739. The zero-order chi connectivity index (χ0) is 12.5. The summed E-state index contributed by atoms with van der Waals surface area (Å²) >= 11 is 0. The van der Waals surface area contributed by atoms with Crippen LogP contribution in [-0.2, 0) is 11.3 Å². The molecule has 0 saturated carbocycles. The van der Waals surface area contributed by atoms with Crippen LogP contribution in [-0.4, -0.2) is 31.9 Å². The lowest BCUT2D eigenvalue weighted by Crippen LogP contribution is -2.30. The van der Waals surface area contributed by atoms with Crippen LogP contribution in [0.1, 0.15) is 23.6 Å². The lowest BCUT2D eigenvalue weighted by Gasteiger charge is -2.20. The molecule has 4 nitrogen and oxygen atoms in total. The Balaban J connectivity index is 2.72. The summed E-state index contributed by atoms with van der Waals surface area (Å²) in [7, 11) is 1.69. The molecule has 1 aromatic rings. The van der Waals surface area contributed by atoms with Crippen LogP contribution in [0.2, 0.25) is 0 Å². The number of ether oxygens (including phenoxy) is 1. The van der Waals surface area contributed by atoms with E-state index in [0.717, 1.165) is 18.5 Å². The van der Waals surface area contributed by atoms with E-state index in [4.69, 9.17) is 15.6 Å². The van der Waals surface area contributed by atoms with E-state index in [-0.39, 0.29) is 12.6 Å². The van der Waals surface area contributed by atoms with E-state index < -0.39 is 0 Å². The Morgan fingerprint density at radius 3 is 2.82 bits per heavy atom. The van der Waals surface area contributed by atoms with Gasteiger partial charge in [0.25, 0.3) is 0 Å². The van der Waals surface area contributed by atoms with Gasteiger partial charge >= 0.3 is 0 Å². The van der Waals surface area contributed by atoms with Crippen molar-refractivity contribution >= 4 is 0 Å². The van der Waals surface area contributed by atoms with Gasteiger partial charge in [-0.05, 0) is 24.1 Å². The third kappa shape index (κ3) is 4.44. The van der Waals surface area contributed by atoms with Gasteiger partial charge in [0.05, 0.1) is 6.61 Å². The lowest BCUT2D eigenvalue weighted by molar-refractivity contribution is 0.183. The van der Waals surface area contributed by atoms with Crippen LogP contribution < -0.4 is 11.1 Å². The first-order valence-corrected chi connectivity index (χ1v) is 5.94. The second-order valence-electron chi connectivity index (χ2n) is 3.95. The van der Waals surface area contributed by atoms with E-state index in [9.17, 15) is 0 Å². The summed E-state index contributed by atoms with van der Waals surface area (Å²) in [5, 5.41) is 12.1. The van der Waals surface area contributed by atoms with Crippen LogP contribution in [0.25, 0.3) is 0 Å². The average molecular weight is 238 g/mol. The summed E-state index contributed by atoms with van der Waals surface area (Å²) in [5.41, 5.74) is 8.12. The average Bonchev–Trinajstić information content (AvgIpc) is 2.36. The van der Waals surface area contributed by atoms with Crippen LogP contribution in [0, 0.1) is 0 Å². The van der Waals surface area contributed by atoms with Crippen molar-refractivity contribution in [2.24, 2.45) is 5.73 Å². The summed E-state index contributed by atoms with van der Waals surface area (Å²) in [6, 6.07) is 8.24. The molecule has 0 radical (unpaired) electrons. The molecule has 0 saturated heterocycles. The molecule has 0 heterocycles. The van der Waals surface area contributed by atoms with Gasteiger partial charge in [0, 0.05) is 26.3 Å². The van der Waals surface area contributed by atoms with Crippen molar-refractivity contribution in [2.75, 3.05) is 26.8 Å². The van der Waals surface area contributed by atoms with E-state index >= 15 is 0 Å². The van der Waals surface area contributed by atoms with Crippen molar-refractivity contribution in [1.29, 1.82) is 0 Å². The van der Waals surface area contributed by atoms with Crippen LogP contribution in [0.15, 0.2) is 24.3 Å². The predicted molar refractivity (Wildman–Crippen MR) is 68.7 cm³/mol. The van der Waals surface area contributed by atoms with Gasteiger partial charge in [-0.3, -0.25) is 0 Å². The quantitative estimate of drug-likeness (QED) is 0.586. The number of nitrogens with one attached hydrogen (secondary N) is 1. The molecular formula is C13H22N2O2. The summed E-state index contributed by atoms with van der Waals surface area (Å²) < 4.78 is 5.18. The first kappa shape index (κ1) is 14.1. The monoisotopic (exact) mass is 238 g/mol. The zero-order valence-electron chi connectivity index (χ0n) is 10.4. The highest BCUT2D eigenvalue weighted by Gasteiger charge is 2.12. The van der Waals surface area contributed by atoms with Gasteiger partial charge in [0.2, 0.25) is 0 Å². The van der Waals surface area contributed by atoms with Crippen LogP contribution in [0.4, 0.5) is 0 Å². The maximum absolute atomic E-state index is 8.77. The van der Waals surface area contributed by atoms with Crippen LogP contribution in [0.3, 0.4) is 0 Å². The number of aliphatic hydroxyl groups excluding tert-OH is 1. The Kier molecular flexibility index (Phi) is 6.81. The molecule has 1 rings (SSSR count). The molecular weight excluding hydrogens is 216 g/mol. The molecule has 4 N–H and O–H groups in total. The van der Waals surface area contributed by atoms with Gasteiger partial charge in [-0.1, -0.05) is 24.3 Å². The fourth-order valence-corrected chi connectivity index (χ4v) is 1.84. The van der Waals surface area contributed by atoms with E-state index in [2.05, 4.69) is 17.4 Å². The summed E-state index contributed by atoms with van der Waals surface area (Å²) in [5.74, 6) is 0. The Labute approximate surface area is 103 Å². The SMILES string of the molecule is COCc1ccccc1C(CN)NCCCO. The predicted octanol–water partition coefficient (Wildman–Crippen LogP) is 0.805. The molecule has 1 aromatic carbocycles. The second-order valence-corrected chi connectivity index (χ2v) is 3.95. The minimum Gasteiger partial charge on any atom is -0.396 e. The first-order chi connectivity index (χ1) is 8.33. The van der Waals surface area contributed by atoms with E-state index in [1.165, 1.54) is 5.56 Å². The van der Waals surface area contributed by atoms with Gasteiger partial charge in [-0.25, -0.2) is 0 Å². The maximum Gasteiger partial charge on any atom is 0.0716 e. The third-order valence-electron chi connectivity index (χ3n) is 2.69. The minimum absolute atomic E-state index is 0.118. The van der Waals surface area contributed by atoms with Gasteiger partial charge in [-0.15, -0.1) is 0 Å². The highest BCUT2D eigenvalue weighted by Crippen LogP contribution is 2.18. The zero-order valence-corrected chi connectivity index (χ0v) is 10.4. The van der Waals surface area contributed by atoms with Crippen molar-refractivity contribution in [3.8, 4) is 0 Å². The number of hydrogen-bond donors (Lipinski definition) is 3. The molecule has 0 aromatic heterocycles. The Morgan fingerprint density at radius 2 is 2.18 bits per heavy atom. The highest BCUT2D eigenvalue weighted by atomic mass is 16.5. The standard InChI is InChI=1S/C13H22N2O2/c1-17-10-11-5-2-3-6-12(11)13(9-14)15-7-4-8-16/h2-3,5-6,13,15-16H,4,7-10,14H2,1H3. The van der Waals surface area contributed by atoms with Crippen molar-refractivity contribution in [1.82, 2.24) is 5.32 Å². The Hall–Kier alpha value is -0.940. The third-order valence-corrected chi connectivity index (χ3v) is 2.69. The number of hydrogen-bond acceptors (Lipinski definition) is 4. The molecule has 0 bridgehead atoms. The molecule has 0 aliphatic carbocycles. The molecule has 17 heavy (non-hydrogen) atoms. The maximum atomic E-state index is 8.77. The van der Waals surface area contributed by atoms with Gasteiger partial charge < -0.3 is 20.9 Å². The summed E-state index contributed by atoms with van der Waals surface area (Å²) in [4.78, 5) is 0. The molecule has 96 valence electrons. The molecule has 0 aliphatic rings. The van der Waals surface area contributed by atoms with Crippen LogP contribution >= 0.6 is 0 Å². The fourth-order valence-electron chi connectivity index (χ4n) is 1.84. The number of rotatable bonds is 8. The number of aliphatic hydroxyl groups is 1. The molecule has 0 amide bonds. The fraction of sp³-hybridized carbons (Fsp3) is 0.538. The smallest absolute Gasteiger partial charge is 0.0716 e. The minimum atomic E-state index is 0.118. The Morgan fingerprint density at radius 1 is 1.41 bits per heavy atom.